The Morgan fingerprint density at radius 3 is 2.07 bits per heavy atom. The van der Waals surface area contributed by atoms with E-state index in [1.165, 1.54) is 14.0 Å². The lowest BCUT2D eigenvalue weighted by Gasteiger charge is -2.25. The normalized spacial score (nSPS) is 13.2. The second-order valence-electron chi connectivity index (χ2n) is 4.10. The molecule has 0 saturated carbocycles. The van der Waals surface area contributed by atoms with E-state index in [1.807, 2.05) is 0 Å². The molecule has 0 aromatic carbocycles. The Bertz CT molecular complexity index is 231. The Labute approximate surface area is 83.6 Å². The molecular weight excluding hydrogens is 186 g/mol. The van der Waals surface area contributed by atoms with Gasteiger partial charge in [0.15, 0.2) is 0 Å². The van der Waals surface area contributed by atoms with Gasteiger partial charge in [-0.25, -0.2) is 9.59 Å². The lowest BCUT2D eigenvalue weighted by Crippen LogP contribution is -2.42. The Morgan fingerprint density at radius 1 is 1.36 bits per heavy atom. The number of amides is 1. The van der Waals surface area contributed by atoms with Crippen LogP contribution in [0.2, 0.25) is 0 Å². The summed E-state index contributed by atoms with van der Waals surface area (Å²) in [5.41, 5.74) is -0.593. The summed E-state index contributed by atoms with van der Waals surface area (Å²) in [4.78, 5) is 22.8. The van der Waals surface area contributed by atoms with Gasteiger partial charge in [0, 0.05) is 7.05 Å². The van der Waals surface area contributed by atoms with Crippen molar-refractivity contribution in [3.63, 3.8) is 0 Å². The third kappa shape index (κ3) is 4.11. The van der Waals surface area contributed by atoms with Crippen LogP contribution in [0.4, 0.5) is 4.79 Å². The van der Waals surface area contributed by atoms with Gasteiger partial charge in [-0.05, 0) is 27.7 Å². The molecule has 5 nitrogen and oxygen atoms in total. The Morgan fingerprint density at radius 2 is 1.79 bits per heavy atom. The number of carbonyl (C=O) groups is 2. The summed E-state index contributed by atoms with van der Waals surface area (Å²) < 4.78 is 5.03. The number of hydrogen-bond donors (Lipinski definition) is 1. The zero-order chi connectivity index (χ0) is 11.5. The number of carboxylic acid groups (broad SMARTS) is 1. The number of hydrogen-bond acceptors (Lipinski definition) is 3. The van der Waals surface area contributed by atoms with Gasteiger partial charge in [0.25, 0.3) is 0 Å². The highest BCUT2D eigenvalue weighted by molar-refractivity contribution is 5.80. The topological polar surface area (TPSA) is 66.8 Å². The maximum absolute atomic E-state index is 11.4. The quantitative estimate of drug-likeness (QED) is 0.687. The minimum Gasteiger partial charge on any atom is -0.465 e. The van der Waals surface area contributed by atoms with E-state index in [9.17, 15) is 9.59 Å². The fourth-order valence-electron chi connectivity index (χ4n) is 0.711. The monoisotopic (exact) mass is 203 g/mol. The molecule has 5 heteroatoms. The highest BCUT2D eigenvalue weighted by Crippen LogP contribution is 2.10. The molecule has 82 valence electrons. The van der Waals surface area contributed by atoms with Gasteiger partial charge >= 0.3 is 12.1 Å². The maximum atomic E-state index is 11.4. The van der Waals surface area contributed by atoms with Gasteiger partial charge in [0.2, 0.25) is 0 Å². The van der Waals surface area contributed by atoms with Gasteiger partial charge in [-0.3, -0.25) is 4.90 Å². The van der Waals surface area contributed by atoms with E-state index in [1.54, 1.807) is 20.8 Å². The zero-order valence-electron chi connectivity index (χ0n) is 9.20. The van der Waals surface area contributed by atoms with E-state index < -0.39 is 23.7 Å². The van der Waals surface area contributed by atoms with Crippen molar-refractivity contribution < 1.29 is 19.4 Å². The fourth-order valence-corrected chi connectivity index (χ4v) is 0.711. The molecule has 1 unspecified atom stereocenters. The summed E-state index contributed by atoms with van der Waals surface area (Å²) in [6.45, 7) is 6.69. The van der Waals surface area contributed by atoms with Crippen LogP contribution in [0.15, 0.2) is 0 Å². The van der Waals surface area contributed by atoms with Crippen LogP contribution >= 0.6 is 0 Å². The van der Waals surface area contributed by atoms with E-state index in [0.29, 0.717) is 0 Å². The van der Waals surface area contributed by atoms with Crippen LogP contribution in [-0.2, 0) is 9.53 Å². The van der Waals surface area contributed by atoms with Crippen LogP contribution in [-0.4, -0.2) is 40.8 Å². The molecule has 0 aliphatic carbocycles. The zero-order valence-corrected chi connectivity index (χ0v) is 9.20. The van der Waals surface area contributed by atoms with Crippen LogP contribution in [0.25, 0.3) is 0 Å². The smallest absolute Gasteiger partial charge is 0.407 e. The Hall–Kier alpha value is -1.26. The molecule has 1 atom stereocenters. The number of rotatable bonds is 2. The number of likely N-dealkylation sites (N-methyl/N-ethyl adjacent to an activating group) is 1. The molecule has 14 heavy (non-hydrogen) atoms. The molecule has 0 bridgehead atoms. The van der Waals surface area contributed by atoms with E-state index in [0.717, 1.165) is 4.90 Å². The first-order valence-electron chi connectivity index (χ1n) is 4.34. The molecule has 0 radical (unpaired) electrons. The van der Waals surface area contributed by atoms with Crippen molar-refractivity contribution in [1.29, 1.82) is 0 Å². The minimum atomic E-state index is -1.15. The Balaban J connectivity index is 4.33. The minimum absolute atomic E-state index is 0.539. The molecule has 0 saturated heterocycles. The van der Waals surface area contributed by atoms with Gasteiger partial charge in [0.05, 0.1) is 0 Å². The van der Waals surface area contributed by atoms with E-state index in [4.69, 9.17) is 9.84 Å². The predicted octanol–water partition coefficient (Wildman–Crippen LogP) is 1.33. The SMILES string of the molecule is CC(C(=O)OC(C)(C)C)N(C)C(=O)O. The van der Waals surface area contributed by atoms with Gasteiger partial charge in [-0.15, -0.1) is 0 Å². The molecular formula is C9H17NO4. The maximum Gasteiger partial charge on any atom is 0.407 e. The first-order valence-corrected chi connectivity index (χ1v) is 4.34. The number of esters is 1. The van der Waals surface area contributed by atoms with Crippen LogP contribution in [0, 0.1) is 0 Å². The molecule has 1 N–H and O–H groups in total. The van der Waals surface area contributed by atoms with Crippen LogP contribution < -0.4 is 0 Å². The number of nitrogens with zero attached hydrogens (tertiary/aromatic N) is 1. The van der Waals surface area contributed by atoms with Gasteiger partial charge in [-0.2, -0.15) is 0 Å². The first kappa shape index (κ1) is 12.7. The second-order valence-corrected chi connectivity index (χ2v) is 4.10. The summed E-state index contributed by atoms with van der Waals surface area (Å²) in [5, 5.41) is 8.62. The summed E-state index contributed by atoms with van der Waals surface area (Å²) >= 11 is 0. The van der Waals surface area contributed by atoms with E-state index in [2.05, 4.69) is 0 Å². The third-order valence-electron chi connectivity index (χ3n) is 1.63. The van der Waals surface area contributed by atoms with E-state index >= 15 is 0 Å². The van der Waals surface area contributed by atoms with E-state index in [-0.39, 0.29) is 0 Å². The molecule has 0 fully saturated rings. The van der Waals surface area contributed by atoms with Crippen molar-refractivity contribution >= 4 is 12.1 Å². The van der Waals surface area contributed by atoms with Crippen molar-refractivity contribution in [2.24, 2.45) is 0 Å². The van der Waals surface area contributed by atoms with Crippen LogP contribution in [0.5, 0.6) is 0 Å². The van der Waals surface area contributed by atoms with Gasteiger partial charge in [0.1, 0.15) is 11.6 Å². The summed E-state index contributed by atoms with van der Waals surface area (Å²) in [7, 11) is 1.33. The number of carbonyl (C=O) groups excluding carboxylic acids is 1. The lowest BCUT2D eigenvalue weighted by molar-refractivity contribution is -0.159. The van der Waals surface area contributed by atoms with Gasteiger partial charge in [-0.1, -0.05) is 0 Å². The molecule has 0 spiro atoms. The highest BCUT2D eigenvalue weighted by atomic mass is 16.6. The van der Waals surface area contributed by atoms with Crippen LogP contribution in [0.1, 0.15) is 27.7 Å². The number of ether oxygens (including phenoxy) is 1. The average Bonchev–Trinajstić information content (AvgIpc) is 1.98. The summed E-state index contributed by atoms with van der Waals surface area (Å²) in [5.74, 6) is -0.539. The lowest BCUT2D eigenvalue weighted by atomic mass is 10.2. The van der Waals surface area contributed by atoms with Crippen molar-refractivity contribution in [2.75, 3.05) is 7.05 Å². The summed E-state index contributed by atoms with van der Waals surface area (Å²) in [6.07, 6.45) is -1.15. The van der Waals surface area contributed by atoms with Crippen molar-refractivity contribution in [1.82, 2.24) is 4.90 Å². The fraction of sp³-hybridized carbons (Fsp3) is 0.778. The standard InChI is InChI=1S/C9H17NO4/c1-6(10(5)8(12)13)7(11)14-9(2,3)4/h6H,1-5H3,(H,12,13). The van der Waals surface area contributed by atoms with Crippen LogP contribution in [0.3, 0.4) is 0 Å². The summed E-state index contributed by atoms with van der Waals surface area (Å²) in [6, 6.07) is -0.785. The van der Waals surface area contributed by atoms with Crippen molar-refractivity contribution in [3.8, 4) is 0 Å². The second kappa shape index (κ2) is 4.30. The largest absolute Gasteiger partial charge is 0.465 e. The molecule has 0 aromatic heterocycles. The average molecular weight is 203 g/mol. The molecule has 0 rings (SSSR count). The molecule has 0 aromatic rings. The first-order chi connectivity index (χ1) is 6.15. The molecule has 1 amide bonds. The third-order valence-corrected chi connectivity index (χ3v) is 1.63. The predicted molar refractivity (Wildman–Crippen MR) is 51.1 cm³/mol. The highest BCUT2D eigenvalue weighted by Gasteiger charge is 2.26. The Kier molecular flexibility index (Phi) is 3.92. The molecule has 0 aliphatic heterocycles. The van der Waals surface area contributed by atoms with Crippen molar-refractivity contribution in [2.45, 2.75) is 39.3 Å². The van der Waals surface area contributed by atoms with Gasteiger partial charge < -0.3 is 9.84 Å². The molecule has 0 heterocycles. The van der Waals surface area contributed by atoms with Crippen molar-refractivity contribution in [3.05, 3.63) is 0 Å². The molecule has 0 aliphatic rings.